The van der Waals surface area contributed by atoms with Crippen LogP contribution in [0, 0.1) is 10.1 Å². The van der Waals surface area contributed by atoms with Crippen molar-refractivity contribution >= 4 is 17.3 Å². The first kappa shape index (κ1) is 20.8. The fraction of sp³-hybridized carbons (Fsp3) is 0.250. The number of rotatable bonds is 10. The molecule has 0 amide bonds. The van der Waals surface area contributed by atoms with Crippen molar-refractivity contribution in [2.75, 3.05) is 32.1 Å². The molecule has 0 aliphatic heterocycles. The Bertz CT molecular complexity index is 806. The first-order chi connectivity index (χ1) is 13.6. The lowest BCUT2D eigenvalue weighted by Gasteiger charge is -2.15. The van der Waals surface area contributed by atoms with E-state index in [-0.39, 0.29) is 5.69 Å². The summed E-state index contributed by atoms with van der Waals surface area (Å²) < 4.78 is 5.65. The van der Waals surface area contributed by atoms with Crippen molar-refractivity contribution < 1.29 is 9.66 Å². The van der Waals surface area contributed by atoms with Crippen molar-refractivity contribution in [3.63, 3.8) is 0 Å². The highest BCUT2D eigenvalue weighted by molar-refractivity contribution is 5.79. The highest BCUT2D eigenvalue weighted by Gasteiger charge is 2.05. The van der Waals surface area contributed by atoms with E-state index in [2.05, 4.69) is 27.5 Å². The van der Waals surface area contributed by atoms with Gasteiger partial charge in [-0.25, -0.2) is 0 Å². The summed E-state index contributed by atoms with van der Waals surface area (Å²) >= 11 is 0. The van der Waals surface area contributed by atoms with Gasteiger partial charge in [-0.2, -0.15) is 0 Å². The number of non-ortho nitro benzene ring substituents is 1. The maximum absolute atomic E-state index is 10.7. The van der Waals surface area contributed by atoms with Gasteiger partial charge < -0.3 is 20.7 Å². The van der Waals surface area contributed by atoms with Crippen molar-refractivity contribution in [1.82, 2.24) is 10.6 Å². The van der Waals surface area contributed by atoms with Gasteiger partial charge in [0.1, 0.15) is 12.4 Å². The summed E-state index contributed by atoms with van der Waals surface area (Å²) in [7, 11) is 1.71. The largest absolute Gasteiger partial charge is 0.489 e. The van der Waals surface area contributed by atoms with Gasteiger partial charge >= 0.3 is 0 Å². The summed E-state index contributed by atoms with van der Waals surface area (Å²) in [5.41, 5.74) is 1.92. The van der Waals surface area contributed by atoms with Gasteiger partial charge in [0.25, 0.3) is 5.69 Å². The lowest BCUT2D eigenvalue weighted by atomic mass is 10.2. The van der Waals surface area contributed by atoms with Gasteiger partial charge in [0, 0.05) is 50.1 Å². The van der Waals surface area contributed by atoms with E-state index >= 15 is 0 Å². The molecule has 2 aromatic carbocycles. The van der Waals surface area contributed by atoms with Crippen molar-refractivity contribution in [2.24, 2.45) is 4.99 Å². The first-order valence-electron chi connectivity index (χ1n) is 8.88. The first-order valence-corrected chi connectivity index (χ1v) is 8.88. The molecule has 0 bridgehead atoms. The van der Waals surface area contributed by atoms with Crippen LogP contribution < -0.4 is 20.7 Å². The molecule has 2 aromatic rings. The Hall–Kier alpha value is -3.55. The van der Waals surface area contributed by atoms with Gasteiger partial charge in [-0.05, 0) is 18.2 Å². The molecule has 148 valence electrons. The molecule has 0 heterocycles. The van der Waals surface area contributed by atoms with E-state index in [9.17, 15) is 10.1 Å². The summed E-state index contributed by atoms with van der Waals surface area (Å²) in [6.45, 7) is 5.96. The number of anilines is 1. The molecule has 2 rings (SSSR count). The third kappa shape index (κ3) is 6.64. The van der Waals surface area contributed by atoms with Crippen molar-refractivity contribution in [1.29, 1.82) is 0 Å². The lowest BCUT2D eigenvalue weighted by Crippen LogP contribution is -2.39. The van der Waals surface area contributed by atoms with Crippen LogP contribution in [0.1, 0.15) is 5.56 Å². The highest BCUT2D eigenvalue weighted by atomic mass is 16.6. The maximum Gasteiger partial charge on any atom is 0.269 e. The second kappa shape index (κ2) is 11.2. The van der Waals surface area contributed by atoms with Crippen molar-refractivity contribution in [2.45, 2.75) is 6.54 Å². The number of ether oxygens (including phenoxy) is 1. The molecule has 3 N–H and O–H groups in total. The normalized spacial score (nSPS) is 10.8. The number of nitrogens with zero attached hydrogens (tertiary/aromatic N) is 2. The van der Waals surface area contributed by atoms with Gasteiger partial charge in [-0.1, -0.05) is 30.9 Å². The van der Waals surface area contributed by atoms with Gasteiger partial charge in [0.2, 0.25) is 0 Å². The fourth-order valence-corrected chi connectivity index (χ4v) is 2.43. The zero-order valence-corrected chi connectivity index (χ0v) is 15.9. The molecule has 0 aliphatic carbocycles. The number of hydrogen-bond acceptors (Lipinski definition) is 5. The smallest absolute Gasteiger partial charge is 0.269 e. The van der Waals surface area contributed by atoms with Gasteiger partial charge in [-0.3, -0.25) is 15.1 Å². The summed E-state index contributed by atoms with van der Waals surface area (Å²) in [6, 6.07) is 14.1. The summed E-state index contributed by atoms with van der Waals surface area (Å²) in [5, 5.41) is 20.3. The molecular weight excluding hydrogens is 358 g/mol. The summed E-state index contributed by atoms with van der Waals surface area (Å²) in [6.07, 6.45) is 1.71. The summed E-state index contributed by atoms with van der Waals surface area (Å²) in [5.74, 6) is 1.48. The Morgan fingerprint density at radius 2 is 1.93 bits per heavy atom. The third-order valence-corrected chi connectivity index (χ3v) is 3.82. The topological polar surface area (TPSA) is 101 Å². The zero-order chi connectivity index (χ0) is 20.2. The van der Waals surface area contributed by atoms with E-state index in [1.807, 2.05) is 24.3 Å². The van der Waals surface area contributed by atoms with Crippen LogP contribution >= 0.6 is 0 Å². The van der Waals surface area contributed by atoms with E-state index in [0.29, 0.717) is 32.2 Å². The molecule has 8 nitrogen and oxygen atoms in total. The molecule has 0 atom stereocenters. The van der Waals surface area contributed by atoms with Crippen LogP contribution in [0.25, 0.3) is 0 Å². The second-order valence-corrected chi connectivity index (χ2v) is 5.79. The molecule has 0 radical (unpaired) electrons. The van der Waals surface area contributed by atoms with Crippen molar-refractivity contribution in [3.8, 4) is 5.75 Å². The molecule has 8 heteroatoms. The Kier molecular flexibility index (Phi) is 8.32. The van der Waals surface area contributed by atoms with Gasteiger partial charge in [0.15, 0.2) is 5.96 Å². The minimum Gasteiger partial charge on any atom is -0.489 e. The van der Waals surface area contributed by atoms with Crippen LogP contribution in [-0.2, 0) is 6.54 Å². The Labute approximate surface area is 164 Å². The zero-order valence-electron chi connectivity index (χ0n) is 15.9. The van der Waals surface area contributed by atoms with E-state index < -0.39 is 4.92 Å². The molecular formula is C20H25N5O3. The number of benzene rings is 2. The molecule has 0 fully saturated rings. The quantitative estimate of drug-likeness (QED) is 0.146. The predicted octanol–water partition coefficient (Wildman–Crippen LogP) is 2.94. The fourth-order valence-electron chi connectivity index (χ4n) is 2.43. The number of hydrogen-bond donors (Lipinski definition) is 3. The molecule has 0 saturated carbocycles. The number of nitro benzene ring substituents is 1. The van der Waals surface area contributed by atoms with Crippen LogP contribution in [0.4, 0.5) is 11.4 Å². The number of aliphatic imine (C=N–C) groups is 1. The van der Waals surface area contributed by atoms with Crippen LogP contribution in [0.5, 0.6) is 5.75 Å². The molecule has 0 aliphatic rings. The standard InChI is InChI=1S/C20H25N5O3/c1-3-14-28-19-7-5-4-6-16(19)15-24-20(21-2)23-13-12-22-17-8-10-18(11-9-17)25(26)27/h3-11,22H,1,12-15H2,2H3,(H2,21,23,24). The molecule has 0 aromatic heterocycles. The second-order valence-electron chi connectivity index (χ2n) is 5.79. The number of guanidine groups is 1. The summed E-state index contributed by atoms with van der Waals surface area (Å²) in [4.78, 5) is 14.5. The van der Waals surface area contributed by atoms with Crippen LogP contribution in [0.3, 0.4) is 0 Å². The van der Waals surface area contributed by atoms with E-state index in [1.54, 1.807) is 25.3 Å². The van der Waals surface area contributed by atoms with Crippen LogP contribution in [-0.4, -0.2) is 37.6 Å². The van der Waals surface area contributed by atoms with Crippen LogP contribution in [0.2, 0.25) is 0 Å². The van der Waals surface area contributed by atoms with E-state index in [4.69, 9.17) is 4.74 Å². The number of nitro groups is 1. The molecule has 0 saturated heterocycles. The number of nitrogens with one attached hydrogen (secondary N) is 3. The highest BCUT2D eigenvalue weighted by Crippen LogP contribution is 2.17. The molecule has 0 unspecified atom stereocenters. The number of para-hydroxylation sites is 1. The monoisotopic (exact) mass is 383 g/mol. The van der Waals surface area contributed by atoms with Gasteiger partial charge in [-0.15, -0.1) is 0 Å². The SMILES string of the molecule is C=CCOc1ccccc1CNC(=NC)NCCNc1ccc([N+](=O)[O-])cc1. The average Bonchev–Trinajstić information content (AvgIpc) is 2.72. The molecule has 28 heavy (non-hydrogen) atoms. The van der Waals surface area contributed by atoms with Gasteiger partial charge in [0.05, 0.1) is 4.92 Å². The minimum absolute atomic E-state index is 0.0747. The maximum atomic E-state index is 10.7. The Balaban J connectivity index is 1.76. The van der Waals surface area contributed by atoms with E-state index in [0.717, 1.165) is 17.0 Å². The van der Waals surface area contributed by atoms with E-state index in [1.165, 1.54) is 12.1 Å². The van der Waals surface area contributed by atoms with Crippen LogP contribution in [0.15, 0.2) is 66.2 Å². The lowest BCUT2D eigenvalue weighted by molar-refractivity contribution is -0.384. The van der Waals surface area contributed by atoms with Crippen molar-refractivity contribution in [3.05, 3.63) is 76.9 Å². The predicted molar refractivity (Wildman–Crippen MR) is 112 cm³/mol. The average molecular weight is 383 g/mol. The third-order valence-electron chi connectivity index (χ3n) is 3.82. The Morgan fingerprint density at radius 1 is 1.18 bits per heavy atom. The Morgan fingerprint density at radius 3 is 2.61 bits per heavy atom. The molecule has 0 spiro atoms. The minimum atomic E-state index is -0.415.